The highest BCUT2D eigenvalue weighted by molar-refractivity contribution is 7.10. The Morgan fingerprint density at radius 2 is 1.86 bits per heavy atom. The molecule has 1 aromatic heterocycles. The summed E-state index contributed by atoms with van der Waals surface area (Å²) in [5.41, 5.74) is 2.48. The van der Waals surface area contributed by atoms with Crippen LogP contribution in [0.5, 0.6) is 5.75 Å². The molecular weight excluding hydrogens is 460 g/mol. The van der Waals surface area contributed by atoms with E-state index in [1.54, 1.807) is 17.0 Å². The van der Waals surface area contributed by atoms with Crippen molar-refractivity contribution in [3.05, 3.63) is 93.2 Å². The van der Waals surface area contributed by atoms with Crippen molar-refractivity contribution < 1.29 is 19.4 Å². The van der Waals surface area contributed by atoms with Gasteiger partial charge in [-0.05, 0) is 74.8 Å². The summed E-state index contributed by atoms with van der Waals surface area (Å²) in [5.74, 6) is -0.690. The first-order valence-corrected chi connectivity index (χ1v) is 12.5. The van der Waals surface area contributed by atoms with Crippen LogP contribution < -0.4 is 4.74 Å². The average molecular weight is 491 g/mol. The molecule has 1 saturated heterocycles. The van der Waals surface area contributed by atoms with Crippen molar-refractivity contribution in [2.24, 2.45) is 0 Å². The fourth-order valence-corrected chi connectivity index (χ4v) is 5.13. The smallest absolute Gasteiger partial charge is 0.295 e. The molecule has 2 heterocycles. The van der Waals surface area contributed by atoms with Crippen LogP contribution in [0, 0.1) is 6.92 Å². The molecule has 1 atom stereocenters. The summed E-state index contributed by atoms with van der Waals surface area (Å²) in [5, 5.41) is 13.2. The second kappa shape index (κ2) is 10.9. The van der Waals surface area contributed by atoms with Gasteiger partial charge in [-0.3, -0.25) is 9.59 Å². The Bertz CT molecular complexity index is 1220. The summed E-state index contributed by atoms with van der Waals surface area (Å²) in [6, 6.07) is 18.4. The molecule has 4 rings (SSSR count). The largest absolute Gasteiger partial charge is 0.507 e. The molecule has 6 nitrogen and oxygen atoms in total. The van der Waals surface area contributed by atoms with E-state index in [0.29, 0.717) is 24.5 Å². The highest BCUT2D eigenvalue weighted by Gasteiger charge is 2.46. The number of aliphatic hydroxyl groups excluding tert-OH is 1. The van der Waals surface area contributed by atoms with E-state index in [0.717, 1.165) is 29.0 Å². The number of thiophene rings is 1. The van der Waals surface area contributed by atoms with Crippen molar-refractivity contribution in [1.82, 2.24) is 9.80 Å². The van der Waals surface area contributed by atoms with Gasteiger partial charge in [-0.15, -0.1) is 11.3 Å². The third kappa shape index (κ3) is 5.47. The Hall–Kier alpha value is -3.42. The first-order chi connectivity index (χ1) is 16.9. The molecular formula is C28H30N2O4S. The quantitative estimate of drug-likeness (QED) is 0.259. The molecule has 35 heavy (non-hydrogen) atoms. The van der Waals surface area contributed by atoms with Gasteiger partial charge in [-0.1, -0.05) is 36.4 Å². The number of likely N-dealkylation sites (tertiary alicyclic amines) is 1. The van der Waals surface area contributed by atoms with Crippen molar-refractivity contribution in [1.29, 1.82) is 0 Å². The topological polar surface area (TPSA) is 70.1 Å². The summed E-state index contributed by atoms with van der Waals surface area (Å²) in [7, 11) is 3.95. The zero-order valence-corrected chi connectivity index (χ0v) is 21.0. The van der Waals surface area contributed by atoms with Gasteiger partial charge in [0.05, 0.1) is 11.6 Å². The molecule has 1 fully saturated rings. The summed E-state index contributed by atoms with van der Waals surface area (Å²) in [6.07, 6.45) is 0.731. The van der Waals surface area contributed by atoms with Gasteiger partial charge in [-0.25, -0.2) is 0 Å². The predicted molar refractivity (Wildman–Crippen MR) is 138 cm³/mol. The van der Waals surface area contributed by atoms with E-state index in [1.165, 1.54) is 11.3 Å². The first kappa shape index (κ1) is 24.7. The van der Waals surface area contributed by atoms with Crippen LogP contribution in [0.15, 0.2) is 71.6 Å². The number of carbonyl (C=O) groups is 2. The minimum absolute atomic E-state index is 0.142. The van der Waals surface area contributed by atoms with Gasteiger partial charge in [0.25, 0.3) is 11.7 Å². The number of ether oxygens (including phenoxy) is 1. The number of hydrogen-bond acceptors (Lipinski definition) is 6. The van der Waals surface area contributed by atoms with E-state index >= 15 is 0 Å². The lowest BCUT2D eigenvalue weighted by Gasteiger charge is -2.24. The standard InChI is InChI=1S/C28H30N2O4S/c1-19-17-21(34-18-20-9-5-4-6-10-20)12-13-22(19)26(31)24-25(23-11-7-16-35-23)30(28(33)27(24)32)15-8-14-29(2)3/h4-7,9-13,16-17,25,31H,8,14-15,18H2,1-3H3/b26-24+/t25-/m1/s1. The molecule has 1 amide bonds. The highest BCUT2D eigenvalue weighted by Crippen LogP contribution is 2.41. The normalized spacial score (nSPS) is 17.4. The Morgan fingerprint density at radius 3 is 2.51 bits per heavy atom. The number of benzene rings is 2. The Kier molecular flexibility index (Phi) is 7.68. The summed E-state index contributed by atoms with van der Waals surface area (Å²) >= 11 is 1.47. The van der Waals surface area contributed by atoms with Crippen molar-refractivity contribution >= 4 is 28.8 Å². The van der Waals surface area contributed by atoms with Crippen molar-refractivity contribution in [3.8, 4) is 5.75 Å². The van der Waals surface area contributed by atoms with Crippen molar-refractivity contribution in [2.75, 3.05) is 27.2 Å². The molecule has 0 aliphatic carbocycles. The maximum Gasteiger partial charge on any atom is 0.295 e. The second-order valence-corrected chi connectivity index (χ2v) is 9.90. The van der Waals surface area contributed by atoms with E-state index in [9.17, 15) is 14.7 Å². The SMILES string of the molecule is Cc1cc(OCc2ccccc2)ccc1/C(O)=C1\C(=O)C(=O)N(CCCN(C)C)[C@@H]1c1cccs1. The van der Waals surface area contributed by atoms with Crippen molar-refractivity contribution in [3.63, 3.8) is 0 Å². The molecule has 0 radical (unpaired) electrons. The van der Waals surface area contributed by atoms with Gasteiger partial charge in [0.15, 0.2) is 0 Å². The molecule has 1 aliphatic rings. The lowest BCUT2D eigenvalue weighted by molar-refractivity contribution is -0.139. The van der Waals surface area contributed by atoms with Gasteiger partial charge in [0, 0.05) is 17.0 Å². The number of aryl methyl sites for hydroxylation is 1. The minimum Gasteiger partial charge on any atom is -0.507 e. The van der Waals surface area contributed by atoms with E-state index in [-0.39, 0.29) is 11.3 Å². The summed E-state index contributed by atoms with van der Waals surface area (Å²) in [4.78, 5) is 30.6. The third-order valence-corrected chi connectivity index (χ3v) is 6.98. The van der Waals surface area contributed by atoms with Gasteiger partial charge in [0.2, 0.25) is 0 Å². The number of nitrogens with zero attached hydrogens (tertiary/aromatic N) is 2. The number of hydrogen-bond donors (Lipinski definition) is 1. The zero-order valence-electron chi connectivity index (χ0n) is 20.2. The fourth-order valence-electron chi connectivity index (χ4n) is 4.29. The summed E-state index contributed by atoms with van der Waals surface area (Å²) < 4.78 is 5.90. The molecule has 1 N–H and O–H groups in total. The maximum atomic E-state index is 13.1. The van der Waals surface area contributed by atoms with Crippen LogP contribution >= 0.6 is 11.3 Å². The maximum absolute atomic E-state index is 13.1. The number of ketones is 1. The first-order valence-electron chi connectivity index (χ1n) is 11.6. The van der Waals surface area contributed by atoms with E-state index < -0.39 is 17.7 Å². The highest BCUT2D eigenvalue weighted by atomic mass is 32.1. The molecule has 0 saturated carbocycles. The number of Topliss-reactive ketones (excluding diaryl/α,β-unsaturated/α-hetero) is 1. The number of carbonyl (C=O) groups excluding carboxylic acids is 2. The number of rotatable bonds is 9. The summed E-state index contributed by atoms with van der Waals surface area (Å²) in [6.45, 7) is 3.52. The molecule has 0 spiro atoms. The van der Waals surface area contributed by atoms with Crippen molar-refractivity contribution in [2.45, 2.75) is 26.0 Å². The Balaban J connectivity index is 1.64. The van der Waals surface area contributed by atoms with Crippen LogP contribution in [-0.2, 0) is 16.2 Å². The minimum atomic E-state index is -0.644. The Morgan fingerprint density at radius 1 is 1.09 bits per heavy atom. The van der Waals surface area contributed by atoms with Gasteiger partial charge >= 0.3 is 0 Å². The molecule has 7 heteroatoms. The molecule has 1 aliphatic heterocycles. The molecule has 0 unspecified atom stereocenters. The zero-order chi connectivity index (χ0) is 24.9. The average Bonchev–Trinajstić information content (AvgIpc) is 3.45. The van der Waals surface area contributed by atoms with E-state index in [4.69, 9.17) is 4.74 Å². The van der Waals surface area contributed by atoms with Crippen LogP contribution in [0.4, 0.5) is 0 Å². The van der Waals surface area contributed by atoms with Crippen LogP contribution in [0.25, 0.3) is 5.76 Å². The second-order valence-electron chi connectivity index (χ2n) is 8.92. The number of amides is 1. The number of aliphatic hydroxyl groups is 1. The van der Waals surface area contributed by atoms with Crippen LogP contribution in [0.2, 0.25) is 0 Å². The molecule has 0 bridgehead atoms. The van der Waals surface area contributed by atoms with Gasteiger partial charge in [0.1, 0.15) is 18.1 Å². The Labute approximate surface area is 210 Å². The fraction of sp³-hybridized carbons (Fsp3) is 0.286. The van der Waals surface area contributed by atoms with Crippen LogP contribution in [0.3, 0.4) is 0 Å². The molecule has 3 aromatic rings. The van der Waals surface area contributed by atoms with Gasteiger partial charge in [-0.2, -0.15) is 0 Å². The van der Waals surface area contributed by atoms with E-state index in [2.05, 4.69) is 0 Å². The predicted octanol–water partition coefficient (Wildman–Crippen LogP) is 5.01. The molecule has 2 aromatic carbocycles. The lowest BCUT2D eigenvalue weighted by Crippen LogP contribution is -2.32. The van der Waals surface area contributed by atoms with Crippen LogP contribution in [0.1, 0.15) is 34.0 Å². The molecule has 182 valence electrons. The third-order valence-electron chi connectivity index (χ3n) is 6.06. The van der Waals surface area contributed by atoms with E-state index in [1.807, 2.05) is 79.8 Å². The lowest BCUT2D eigenvalue weighted by atomic mass is 9.97. The van der Waals surface area contributed by atoms with Gasteiger partial charge < -0.3 is 19.6 Å². The monoisotopic (exact) mass is 490 g/mol. The van der Waals surface area contributed by atoms with Crippen LogP contribution in [-0.4, -0.2) is 53.8 Å².